The van der Waals surface area contributed by atoms with Gasteiger partial charge in [0.25, 0.3) is 5.69 Å². The first-order valence-electron chi connectivity index (χ1n) is 10.5. The van der Waals surface area contributed by atoms with E-state index < -0.39 is 20.6 Å². The predicted molar refractivity (Wildman–Crippen MR) is 124 cm³/mol. The molecule has 33 heavy (non-hydrogen) atoms. The molecule has 1 aromatic carbocycles. The number of nitro groups is 1. The monoisotopic (exact) mass is 495 g/mol. The van der Waals surface area contributed by atoms with E-state index in [1.165, 1.54) is 33.5 Å². The van der Waals surface area contributed by atoms with Crippen molar-refractivity contribution in [1.29, 1.82) is 0 Å². The highest BCUT2D eigenvalue weighted by atomic mass is 35.5. The summed E-state index contributed by atoms with van der Waals surface area (Å²) in [5.41, 5.74) is 0.914. The Morgan fingerprint density at radius 2 is 1.88 bits per heavy atom. The summed E-state index contributed by atoms with van der Waals surface area (Å²) in [4.78, 5) is 24.4. The molecule has 2 aromatic rings. The quantitative estimate of drug-likeness (QED) is 0.331. The van der Waals surface area contributed by atoms with E-state index in [9.17, 15) is 23.3 Å². The van der Waals surface area contributed by atoms with Crippen LogP contribution in [0, 0.1) is 23.0 Å². The summed E-state index contributed by atoms with van der Waals surface area (Å²) in [6, 6.07) is 5.24. The maximum atomic E-state index is 12.9. The van der Waals surface area contributed by atoms with Crippen molar-refractivity contribution in [1.82, 2.24) is 19.0 Å². The summed E-state index contributed by atoms with van der Waals surface area (Å²) >= 11 is 6.41. The van der Waals surface area contributed by atoms with Crippen LogP contribution in [0.15, 0.2) is 35.2 Å². The molecule has 1 saturated heterocycles. The van der Waals surface area contributed by atoms with Crippen LogP contribution in [-0.2, 0) is 21.4 Å². The largest absolute Gasteiger partial charge is 0.337 e. The van der Waals surface area contributed by atoms with E-state index in [2.05, 4.69) is 18.9 Å². The molecule has 1 fully saturated rings. The third kappa shape index (κ3) is 5.43. The number of nitro benzene ring substituents is 1. The number of piperazine rings is 1. The SMILES string of the molecule is Cc1nn(CC(C)C)c(Cl)c1/C=C/C(=O)N1CCN(S(=O)(=O)c2ccccc2[N+](=O)[O-])CC1. The van der Waals surface area contributed by atoms with Crippen LogP contribution in [-0.4, -0.2) is 64.4 Å². The van der Waals surface area contributed by atoms with Crippen LogP contribution in [0.1, 0.15) is 25.1 Å². The van der Waals surface area contributed by atoms with E-state index in [-0.39, 0.29) is 37.0 Å². The summed E-state index contributed by atoms with van der Waals surface area (Å²) in [6.45, 7) is 7.02. The first-order chi connectivity index (χ1) is 15.5. The Morgan fingerprint density at radius 3 is 2.48 bits per heavy atom. The zero-order chi connectivity index (χ0) is 24.3. The second-order valence-electron chi connectivity index (χ2n) is 8.15. The molecular weight excluding hydrogens is 470 g/mol. The van der Waals surface area contributed by atoms with Gasteiger partial charge in [-0.3, -0.25) is 19.6 Å². The van der Waals surface area contributed by atoms with Gasteiger partial charge in [-0.25, -0.2) is 8.42 Å². The third-order valence-corrected chi connectivity index (χ3v) is 7.61. The average molecular weight is 496 g/mol. The number of nitrogens with zero attached hydrogens (tertiary/aromatic N) is 5. The molecule has 0 spiro atoms. The maximum absolute atomic E-state index is 12.9. The first kappa shape index (κ1) is 24.9. The van der Waals surface area contributed by atoms with Crippen molar-refractivity contribution in [2.75, 3.05) is 26.2 Å². The molecular formula is C21H26ClN5O5S. The fraction of sp³-hybridized carbons (Fsp3) is 0.429. The zero-order valence-corrected chi connectivity index (χ0v) is 20.2. The van der Waals surface area contributed by atoms with Crippen LogP contribution < -0.4 is 0 Å². The topological polar surface area (TPSA) is 119 Å². The molecule has 1 aliphatic heterocycles. The molecule has 0 radical (unpaired) electrons. The summed E-state index contributed by atoms with van der Waals surface area (Å²) < 4.78 is 28.7. The van der Waals surface area contributed by atoms with Gasteiger partial charge in [-0.15, -0.1) is 0 Å². The Hall–Kier alpha value is -2.76. The third-order valence-electron chi connectivity index (χ3n) is 5.27. The molecule has 1 amide bonds. The van der Waals surface area contributed by atoms with Gasteiger partial charge in [-0.05, 0) is 25.0 Å². The normalized spacial score (nSPS) is 15.5. The van der Waals surface area contributed by atoms with Crippen LogP contribution in [0.3, 0.4) is 0 Å². The number of amides is 1. The Morgan fingerprint density at radius 1 is 1.24 bits per heavy atom. The van der Waals surface area contributed by atoms with Crippen molar-refractivity contribution >= 4 is 39.3 Å². The van der Waals surface area contributed by atoms with E-state index in [1.807, 2.05) is 6.92 Å². The van der Waals surface area contributed by atoms with Gasteiger partial charge in [0.05, 0.1) is 10.6 Å². The molecule has 0 N–H and O–H groups in total. The van der Waals surface area contributed by atoms with Crippen molar-refractivity contribution in [2.45, 2.75) is 32.2 Å². The summed E-state index contributed by atoms with van der Waals surface area (Å²) in [7, 11) is -4.05. The molecule has 0 aliphatic carbocycles. The number of carbonyl (C=O) groups is 1. The molecule has 1 aromatic heterocycles. The number of rotatable bonds is 7. The van der Waals surface area contributed by atoms with Gasteiger partial charge in [-0.2, -0.15) is 9.40 Å². The molecule has 0 bridgehead atoms. The molecule has 1 aliphatic rings. The van der Waals surface area contributed by atoms with E-state index in [1.54, 1.807) is 10.8 Å². The van der Waals surface area contributed by atoms with Crippen molar-refractivity contribution < 1.29 is 18.1 Å². The molecule has 2 heterocycles. The number of aromatic nitrogens is 2. The minimum absolute atomic E-state index is 0.0417. The number of hydrogen-bond donors (Lipinski definition) is 0. The average Bonchev–Trinajstić information content (AvgIpc) is 3.03. The molecule has 0 atom stereocenters. The van der Waals surface area contributed by atoms with Crippen LogP contribution in [0.2, 0.25) is 5.15 Å². The van der Waals surface area contributed by atoms with Crippen LogP contribution in [0.25, 0.3) is 6.08 Å². The van der Waals surface area contributed by atoms with E-state index in [0.29, 0.717) is 28.9 Å². The summed E-state index contributed by atoms with van der Waals surface area (Å²) in [6.07, 6.45) is 3.03. The van der Waals surface area contributed by atoms with Crippen molar-refractivity contribution in [3.05, 3.63) is 56.9 Å². The second kappa shape index (κ2) is 10.0. The number of sulfonamides is 1. The maximum Gasteiger partial charge on any atom is 0.289 e. The Balaban J connectivity index is 1.68. The molecule has 10 nitrogen and oxygen atoms in total. The lowest BCUT2D eigenvalue weighted by atomic mass is 10.2. The number of hydrogen-bond acceptors (Lipinski definition) is 6. The van der Waals surface area contributed by atoms with Crippen LogP contribution >= 0.6 is 11.6 Å². The minimum Gasteiger partial charge on any atom is -0.337 e. The van der Waals surface area contributed by atoms with Crippen molar-refractivity contribution in [3.8, 4) is 0 Å². The highest BCUT2D eigenvalue weighted by molar-refractivity contribution is 7.89. The Kier molecular flexibility index (Phi) is 7.55. The van der Waals surface area contributed by atoms with Gasteiger partial charge in [0, 0.05) is 50.4 Å². The lowest BCUT2D eigenvalue weighted by Crippen LogP contribution is -2.50. The van der Waals surface area contributed by atoms with E-state index in [0.717, 1.165) is 6.07 Å². The molecule has 3 rings (SSSR count). The molecule has 0 unspecified atom stereocenters. The Labute approximate surface area is 197 Å². The highest BCUT2D eigenvalue weighted by Crippen LogP contribution is 2.27. The second-order valence-corrected chi connectivity index (χ2v) is 10.4. The Bertz CT molecular complexity index is 1180. The number of carbonyl (C=O) groups excluding carboxylic acids is 1. The zero-order valence-electron chi connectivity index (χ0n) is 18.6. The van der Waals surface area contributed by atoms with E-state index >= 15 is 0 Å². The van der Waals surface area contributed by atoms with Gasteiger partial charge in [-0.1, -0.05) is 37.6 Å². The highest BCUT2D eigenvalue weighted by Gasteiger charge is 2.34. The van der Waals surface area contributed by atoms with Crippen molar-refractivity contribution in [3.63, 3.8) is 0 Å². The van der Waals surface area contributed by atoms with Gasteiger partial charge >= 0.3 is 0 Å². The van der Waals surface area contributed by atoms with Crippen molar-refractivity contribution in [2.24, 2.45) is 5.92 Å². The minimum atomic E-state index is -4.05. The van der Waals surface area contributed by atoms with Crippen LogP contribution in [0.4, 0.5) is 5.69 Å². The fourth-order valence-electron chi connectivity index (χ4n) is 3.60. The molecule has 178 valence electrons. The van der Waals surface area contributed by atoms with Crippen LogP contribution in [0.5, 0.6) is 0 Å². The number of halogens is 1. The van der Waals surface area contributed by atoms with Gasteiger partial charge < -0.3 is 4.90 Å². The summed E-state index contributed by atoms with van der Waals surface area (Å²) in [5.74, 6) is 0.0926. The van der Waals surface area contributed by atoms with Gasteiger partial charge in [0.2, 0.25) is 15.9 Å². The standard InChI is InChI=1S/C21H26ClN5O5S/c1-15(2)14-26-21(22)17(16(3)23-26)8-9-20(28)24-10-12-25(13-11-24)33(31,32)19-7-5-4-6-18(19)27(29)30/h4-9,15H,10-14H2,1-3H3/b9-8+. The lowest BCUT2D eigenvalue weighted by Gasteiger charge is -2.33. The molecule has 0 saturated carbocycles. The predicted octanol–water partition coefficient (Wildman–Crippen LogP) is 2.96. The van der Waals surface area contributed by atoms with Gasteiger partial charge in [0.1, 0.15) is 5.15 Å². The van der Waals surface area contributed by atoms with E-state index in [4.69, 9.17) is 11.6 Å². The number of aryl methyl sites for hydroxylation is 1. The first-order valence-corrected chi connectivity index (χ1v) is 12.3. The van der Waals surface area contributed by atoms with Gasteiger partial charge in [0.15, 0.2) is 4.90 Å². The molecule has 12 heteroatoms. The number of benzene rings is 1. The lowest BCUT2D eigenvalue weighted by molar-refractivity contribution is -0.387. The number of para-hydroxylation sites is 1. The summed E-state index contributed by atoms with van der Waals surface area (Å²) in [5, 5.41) is 16.1. The fourth-order valence-corrected chi connectivity index (χ4v) is 5.48. The smallest absolute Gasteiger partial charge is 0.289 e.